The molecule has 0 saturated heterocycles. The average molecular weight is 375 g/mol. The highest BCUT2D eigenvalue weighted by Gasteiger charge is 2.20. The van der Waals surface area contributed by atoms with Gasteiger partial charge in [-0.3, -0.25) is 14.6 Å². The molecule has 2 rings (SSSR count). The average Bonchev–Trinajstić information content (AvgIpc) is 3.23. The Hall–Kier alpha value is -2.37. The van der Waals surface area contributed by atoms with Crippen molar-refractivity contribution in [1.29, 1.82) is 0 Å². The van der Waals surface area contributed by atoms with Gasteiger partial charge in [-0.05, 0) is 44.3 Å². The maximum absolute atomic E-state index is 12.1. The van der Waals surface area contributed by atoms with Crippen LogP contribution >= 0.6 is 0 Å². The van der Waals surface area contributed by atoms with Crippen molar-refractivity contribution < 1.29 is 23.8 Å². The third-order valence-corrected chi connectivity index (χ3v) is 4.76. The Morgan fingerprint density at radius 3 is 2.63 bits per heavy atom. The monoisotopic (exact) mass is 375 g/mol. The van der Waals surface area contributed by atoms with Gasteiger partial charge >= 0.3 is 5.97 Å². The topological polar surface area (TPSA) is 74.7 Å². The predicted octanol–water partition coefficient (Wildman–Crippen LogP) is 3.97. The number of ether oxygens (including phenoxy) is 3. The number of carbonyl (C=O) groups excluding carboxylic acids is 2. The van der Waals surface area contributed by atoms with Gasteiger partial charge in [-0.2, -0.15) is 0 Å². The van der Waals surface area contributed by atoms with Gasteiger partial charge in [0.05, 0.1) is 32.7 Å². The molecule has 6 heteroatoms. The first-order valence-corrected chi connectivity index (χ1v) is 9.59. The van der Waals surface area contributed by atoms with E-state index in [1.807, 2.05) is 0 Å². The molecule has 1 heterocycles. The quantitative estimate of drug-likeness (QED) is 0.331. The molecule has 0 N–H and O–H groups in total. The molecule has 0 radical (unpaired) electrons. The van der Waals surface area contributed by atoms with Crippen molar-refractivity contribution in [2.75, 3.05) is 20.8 Å². The third-order valence-electron chi connectivity index (χ3n) is 4.76. The minimum absolute atomic E-state index is 0.171. The van der Waals surface area contributed by atoms with Crippen LogP contribution in [0, 0.1) is 5.92 Å². The fraction of sp³-hybridized carbons (Fsp3) is 0.571. The number of carbonyl (C=O) groups is 2. The van der Waals surface area contributed by atoms with Gasteiger partial charge in [-0.25, -0.2) is 0 Å². The van der Waals surface area contributed by atoms with Gasteiger partial charge in [-0.15, -0.1) is 0 Å². The van der Waals surface area contributed by atoms with Gasteiger partial charge in [0.1, 0.15) is 0 Å². The molecule has 0 aliphatic heterocycles. The Bertz CT molecular complexity index is 650. The van der Waals surface area contributed by atoms with E-state index in [1.54, 1.807) is 31.5 Å². The molecular weight excluding hydrogens is 346 g/mol. The zero-order chi connectivity index (χ0) is 19.5. The summed E-state index contributed by atoms with van der Waals surface area (Å²) < 4.78 is 15.7. The summed E-state index contributed by atoms with van der Waals surface area (Å²) in [6.07, 6.45) is 12.2. The number of nitrogens with zero attached hydrogens (tertiary/aromatic N) is 1. The first kappa shape index (κ1) is 20.9. The number of hydrogen-bond donors (Lipinski definition) is 0. The van der Waals surface area contributed by atoms with Crippen molar-refractivity contribution in [1.82, 2.24) is 4.98 Å². The lowest BCUT2D eigenvalue weighted by Gasteiger charge is -2.10. The number of hydrogen-bond acceptors (Lipinski definition) is 6. The smallest absolute Gasteiger partial charge is 0.305 e. The second kappa shape index (κ2) is 11.4. The molecule has 27 heavy (non-hydrogen) atoms. The Labute approximate surface area is 160 Å². The van der Waals surface area contributed by atoms with Gasteiger partial charge in [0.15, 0.2) is 17.3 Å². The largest absolute Gasteiger partial charge is 0.493 e. The highest BCUT2D eigenvalue weighted by molar-refractivity contribution is 5.95. The van der Waals surface area contributed by atoms with E-state index in [9.17, 15) is 9.59 Å². The fourth-order valence-corrected chi connectivity index (χ4v) is 3.14. The summed E-state index contributed by atoms with van der Waals surface area (Å²) in [6.45, 7) is 0.522. The van der Waals surface area contributed by atoms with Crippen LogP contribution in [0.1, 0.15) is 57.1 Å². The number of methoxy groups -OCH3 is 2. The molecule has 0 aromatic carbocycles. The lowest BCUT2D eigenvalue weighted by atomic mass is 10.0. The second-order valence-corrected chi connectivity index (χ2v) is 6.71. The van der Waals surface area contributed by atoms with Crippen LogP contribution in [0.15, 0.2) is 18.3 Å². The van der Waals surface area contributed by atoms with Crippen LogP contribution < -0.4 is 9.47 Å². The zero-order valence-corrected chi connectivity index (χ0v) is 16.2. The summed E-state index contributed by atoms with van der Waals surface area (Å²) in [6, 6.07) is 1.77. The molecule has 1 fully saturated rings. The number of pyridine rings is 1. The van der Waals surface area contributed by atoms with Crippen molar-refractivity contribution in [3.8, 4) is 11.5 Å². The number of aromatic nitrogens is 1. The normalized spacial score (nSPS) is 14.4. The molecule has 6 nitrogen and oxygen atoms in total. The standard InChI is InChI=1S/C21H29NO5/c1-25-19-14-17(11-12-18(23)16-8-5-6-9-16)22-15-20(19)27-13-7-3-4-10-21(24)26-2/h11-12,14-16H,3-10,13H2,1-2H3. The van der Waals surface area contributed by atoms with Crippen LogP contribution in [0.25, 0.3) is 6.08 Å². The summed E-state index contributed by atoms with van der Waals surface area (Å²) >= 11 is 0. The number of allylic oxidation sites excluding steroid dienone is 1. The summed E-state index contributed by atoms with van der Waals surface area (Å²) in [7, 11) is 2.98. The lowest BCUT2D eigenvalue weighted by molar-refractivity contribution is -0.140. The Balaban J connectivity index is 1.80. The Kier molecular flexibility index (Phi) is 8.81. The van der Waals surface area contributed by atoms with E-state index in [-0.39, 0.29) is 17.7 Å². The van der Waals surface area contributed by atoms with E-state index in [4.69, 9.17) is 9.47 Å². The number of ketones is 1. The molecule has 1 aliphatic rings. The highest BCUT2D eigenvalue weighted by Crippen LogP contribution is 2.28. The maximum Gasteiger partial charge on any atom is 0.305 e. The molecule has 1 aliphatic carbocycles. The van der Waals surface area contributed by atoms with E-state index in [0.29, 0.717) is 30.2 Å². The van der Waals surface area contributed by atoms with Crippen LogP contribution in [0.3, 0.4) is 0 Å². The Morgan fingerprint density at radius 2 is 1.93 bits per heavy atom. The van der Waals surface area contributed by atoms with E-state index >= 15 is 0 Å². The third kappa shape index (κ3) is 7.04. The van der Waals surface area contributed by atoms with Crippen molar-refractivity contribution in [3.05, 3.63) is 24.0 Å². The SMILES string of the molecule is COC(=O)CCCCCOc1cnc(C=CC(=O)C2CCCC2)cc1OC. The predicted molar refractivity (Wildman–Crippen MR) is 103 cm³/mol. The van der Waals surface area contributed by atoms with Crippen LogP contribution in [-0.4, -0.2) is 37.6 Å². The van der Waals surface area contributed by atoms with Gasteiger partial charge < -0.3 is 14.2 Å². The summed E-state index contributed by atoms with van der Waals surface area (Å²) in [4.78, 5) is 27.5. The molecule has 1 aromatic rings. The van der Waals surface area contributed by atoms with E-state index in [2.05, 4.69) is 9.72 Å². The van der Waals surface area contributed by atoms with Crippen LogP contribution in [0.2, 0.25) is 0 Å². The zero-order valence-electron chi connectivity index (χ0n) is 16.2. The minimum atomic E-state index is -0.183. The lowest BCUT2D eigenvalue weighted by Crippen LogP contribution is -2.06. The molecule has 148 valence electrons. The molecule has 0 bridgehead atoms. The van der Waals surface area contributed by atoms with Crippen molar-refractivity contribution in [2.24, 2.45) is 5.92 Å². The molecule has 0 spiro atoms. The first-order chi connectivity index (χ1) is 13.1. The molecule has 0 amide bonds. The van der Waals surface area contributed by atoms with Crippen molar-refractivity contribution >= 4 is 17.8 Å². The fourth-order valence-electron chi connectivity index (χ4n) is 3.14. The first-order valence-electron chi connectivity index (χ1n) is 9.59. The van der Waals surface area contributed by atoms with Crippen LogP contribution in [-0.2, 0) is 14.3 Å². The second-order valence-electron chi connectivity index (χ2n) is 6.71. The van der Waals surface area contributed by atoms with Gasteiger partial charge in [0.2, 0.25) is 0 Å². The number of esters is 1. The van der Waals surface area contributed by atoms with Gasteiger partial charge in [-0.1, -0.05) is 12.8 Å². The minimum Gasteiger partial charge on any atom is -0.493 e. The molecule has 1 saturated carbocycles. The van der Waals surface area contributed by atoms with Crippen molar-refractivity contribution in [2.45, 2.75) is 51.4 Å². The van der Waals surface area contributed by atoms with Crippen molar-refractivity contribution in [3.63, 3.8) is 0 Å². The van der Waals surface area contributed by atoms with Crippen LogP contribution in [0.5, 0.6) is 11.5 Å². The number of rotatable bonds is 11. The van der Waals surface area contributed by atoms with E-state index in [0.717, 1.165) is 44.9 Å². The van der Waals surface area contributed by atoms with Gasteiger partial charge in [0, 0.05) is 18.4 Å². The van der Waals surface area contributed by atoms with Crippen LogP contribution in [0.4, 0.5) is 0 Å². The van der Waals surface area contributed by atoms with Gasteiger partial charge in [0.25, 0.3) is 0 Å². The summed E-state index contributed by atoms with van der Waals surface area (Å²) in [5.41, 5.74) is 0.670. The Morgan fingerprint density at radius 1 is 1.15 bits per heavy atom. The molecular formula is C21H29NO5. The number of unbranched alkanes of at least 4 members (excludes halogenated alkanes) is 2. The maximum atomic E-state index is 12.1. The highest BCUT2D eigenvalue weighted by atomic mass is 16.5. The molecule has 0 atom stereocenters. The molecule has 1 aromatic heterocycles. The van der Waals surface area contributed by atoms with E-state index < -0.39 is 0 Å². The summed E-state index contributed by atoms with van der Waals surface area (Å²) in [5, 5.41) is 0. The molecule has 0 unspecified atom stereocenters. The van der Waals surface area contributed by atoms with E-state index in [1.165, 1.54) is 7.11 Å². The summed E-state index contributed by atoms with van der Waals surface area (Å²) in [5.74, 6) is 1.33.